The maximum absolute atomic E-state index is 10.9. The fraction of sp³-hybridized carbons (Fsp3) is 0.278. The van der Waals surface area contributed by atoms with Crippen molar-refractivity contribution < 1.29 is 9.53 Å². The van der Waals surface area contributed by atoms with Gasteiger partial charge >= 0.3 is 0 Å². The molecule has 3 nitrogen and oxygen atoms in total. The standard InChI is InChI=1S/C18H19NO2/c19-18(20)11-14-7-5-13(6-8-14)9-15-10-16-3-1-2-4-17(16)21-12-15/h1-8,15H,9-12H2,(H2,19,20)/t15-/m0/s1. The third-order valence-corrected chi connectivity index (χ3v) is 3.88. The molecule has 0 aliphatic carbocycles. The molecule has 1 amide bonds. The zero-order chi connectivity index (χ0) is 14.7. The Labute approximate surface area is 124 Å². The average Bonchev–Trinajstić information content (AvgIpc) is 2.49. The van der Waals surface area contributed by atoms with E-state index >= 15 is 0 Å². The first-order valence-electron chi connectivity index (χ1n) is 7.27. The second-order valence-electron chi connectivity index (χ2n) is 5.65. The number of carbonyl (C=O) groups excluding carboxylic acids is 1. The van der Waals surface area contributed by atoms with Crippen molar-refractivity contribution in [2.75, 3.05) is 6.61 Å². The topological polar surface area (TPSA) is 52.3 Å². The predicted octanol–water partition coefficient (Wildman–Crippen LogP) is 2.51. The molecule has 0 bridgehead atoms. The van der Waals surface area contributed by atoms with E-state index < -0.39 is 0 Å². The van der Waals surface area contributed by atoms with E-state index in [-0.39, 0.29) is 5.91 Å². The van der Waals surface area contributed by atoms with Crippen LogP contribution in [0.15, 0.2) is 48.5 Å². The molecule has 3 rings (SSSR count). The molecule has 0 radical (unpaired) electrons. The van der Waals surface area contributed by atoms with Gasteiger partial charge in [0.2, 0.25) is 5.91 Å². The summed E-state index contributed by atoms with van der Waals surface area (Å²) in [5, 5.41) is 0. The summed E-state index contributed by atoms with van der Waals surface area (Å²) in [7, 11) is 0. The van der Waals surface area contributed by atoms with Crippen LogP contribution < -0.4 is 10.5 Å². The van der Waals surface area contributed by atoms with Gasteiger partial charge in [0.25, 0.3) is 0 Å². The van der Waals surface area contributed by atoms with Crippen LogP contribution in [0.3, 0.4) is 0 Å². The monoisotopic (exact) mass is 281 g/mol. The molecule has 2 aromatic rings. The molecule has 1 aliphatic heterocycles. The van der Waals surface area contributed by atoms with E-state index in [1.165, 1.54) is 11.1 Å². The molecule has 1 heterocycles. The van der Waals surface area contributed by atoms with Crippen molar-refractivity contribution in [1.29, 1.82) is 0 Å². The quantitative estimate of drug-likeness (QED) is 0.936. The lowest BCUT2D eigenvalue weighted by Crippen LogP contribution is -2.22. The highest BCUT2D eigenvalue weighted by molar-refractivity contribution is 5.76. The van der Waals surface area contributed by atoms with Crippen molar-refractivity contribution in [2.24, 2.45) is 11.7 Å². The van der Waals surface area contributed by atoms with Crippen LogP contribution >= 0.6 is 0 Å². The molecule has 0 saturated carbocycles. The Bertz CT molecular complexity index is 634. The number of ether oxygens (including phenoxy) is 1. The minimum absolute atomic E-state index is 0.292. The van der Waals surface area contributed by atoms with Gasteiger partial charge in [-0.3, -0.25) is 4.79 Å². The fourth-order valence-corrected chi connectivity index (χ4v) is 2.85. The second kappa shape index (κ2) is 6.00. The molecule has 2 aromatic carbocycles. The molecular formula is C18H19NO2. The van der Waals surface area contributed by atoms with Gasteiger partial charge in [-0.25, -0.2) is 0 Å². The van der Waals surface area contributed by atoms with Gasteiger partial charge in [0, 0.05) is 5.92 Å². The van der Waals surface area contributed by atoms with Crippen LogP contribution in [0.1, 0.15) is 16.7 Å². The van der Waals surface area contributed by atoms with Crippen LogP contribution in [0, 0.1) is 5.92 Å². The lowest BCUT2D eigenvalue weighted by Gasteiger charge is -2.25. The number of benzene rings is 2. The summed E-state index contributed by atoms with van der Waals surface area (Å²) >= 11 is 0. The number of primary amides is 1. The Kier molecular flexibility index (Phi) is 3.91. The van der Waals surface area contributed by atoms with E-state index in [1.807, 2.05) is 24.3 Å². The van der Waals surface area contributed by atoms with Crippen molar-refractivity contribution in [3.05, 3.63) is 65.2 Å². The summed E-state index contributed by atoms with van der Waals surface area (Å²) in [5.74, 6) is 1.23. The lowest BCUT2D eigenvalue weighted by atomic mass is 9.90. The van der Waals surface area contributed by atoms with Crippen LogP contribution in [0.4, 0.5) is 0 Å². The largest absolute Gasteiger partial charge is 0.493 e. The highest BCUT2D eigenvalue weighted by Gasteiger charge is 2.19. The Balaban J connectivity index is 1.64. The van der Waals surface area contributed by atoms with E-state index in [4.69, 9.17) is 10.5 Å². The third-order valence-electron chi connectivity index (χ3n) is 3.88. The third kappa shape index (κ3) is 3.43. The Morgan fingerprint density at radius 1 is 1.10 bits per heavy atom. The minimum atomic E-state index is -0.292. The summed E-state index contributed by atoms with van der Waals surface area (Å²) in [5.41, 5.74) is 8.74. The SMILES string of the molecule is NC(=O)Cc1ccc(C[C@@H]2COc3ccccc3C2)cc1. The molecule has 0 unspecified atom stereocenters. The number of carbonyl (C=O) groups is 1. The first kappa shape index (κ1) is 13.7. The van der Waals surface area contributed by atoms with Crippen molar-refractivity contribution in [3.8, 4) is 5.75 Å². The maximum atomic E-state index is 10.9. The van der Waals surface area contributed by atoms with Crippen LogP contribution in [-0.2, 0) is 24.1 Å². The minimum Gasteiger partial charge on any atom is -0.493 e. The first-order valence-corrected chi connectivity index (χ1v) is 7.27. The van der Waals surface area contributed by atoms with Gasteiger partial charge < -0.3 is 10.5 Å². The van der Waals surface area contributed by atoms with Crippen LogP contribution in [0.25, 0.3) is 0 Å². The average molecular weight is 281 g/mol. The molecule has 3 heteroatoms. The Hall–Kier alpha value is -2.29. The van der Waals surface area contributed by atoms with E-state index in [0.717, 1.165) is 30.8 Å². The van der Waals surface area contributed by atoms with Gasteiger partial charge in [-0.2, -0.15) is 0 Å². The van der Waals surface area contributed by atoms with Gasteiger partial charge in [0.1, 0.15) is 5.75 Å². The first-order chi connectivity index (χ1) is 10.2. The van der Waals surface area contributed by atoms with Crippen LogP contribution in [-0.4, -0.2) is 12.5 Å². The van der Waals surface area contributed by atoms with E-state index in [2.05, 4.69) is 24.3 Å². The number of hydrogen-bond acceptors (Lipinski definition) is 2. The Morgan fingerprint density at radius 2 is 1.81 bits per heavy atom. The Morgan fingerprint density at radius 3 is 2.57 bits per heavy atom. The summed E-state index contributed by atoms with van der Waals surface area (Å²) in [6.45, 7) is 0.764. The maximum Gasteiger partial charge on any atom is 0.221 e. The molecule has 0 fully saturated rings. The lowest BCUT2D eigenvalue weighted by molar-refractivity contribution is -0.117. The zero-order valence-electron chi connectivity index (χ0n) is 11.9. The summed E-state index contributed by atoms with van der Waals surface area (Å²) in [4.78, 5) is 10.9. The molecule has 21 heavy (non-hydrogen) atoms. The number of nitrogens with two attached hydrogens (primary N) is 1. The van der Waals surface area contributed by atoms with Gasteiger partial charge in [-0.1, -0.05) is 42.5 Å². The normalized spacial score (nSPS) is 16.9. The molecular weight excluding hydrogens is 262 g/mol. The summed E-state index contributed by atoms with van der Waals surface area (Å²) < 4.78 is 5.82. The molecule has 1 aliphatic rings. The van der Waals surface area contributed by atoms with Crippen molar-refractivity contribution in [1.82, 2.24) is 0 Å². The molecule has 0 saturated heterocycles. The van der Waals surface area contributed by atoms with Crippen LogP contribution in [0.2, 0.25) is 0 Å². The van der Waals surface area contributed by atoms with Crippen molar-refractivity contribution >= 4 is 5.91 Å². The molecule has 2 N–H and O–H groups in total. The van der Waals surface area contributed by atoms with Gasteiger partial charge in [0.15, 0.2) is 0 Å². The molecule has 1 atom stereocenters. The van der Waals surface area contributed by atoms with Gasteiger partial charge in [-0.05, 0) is 35.6 Å². The number of para-hydroxylation sites is 1. The van der Waals surface area contributed by atoms with Crippen molar-refractivity contribution in [3.63, 3.8) is 0 Å². The van der Waals surface area contributed by atoms with E-state index in [1.54, 1.807) is 0 Å². The second-order valence-corrected chi connectivity index (χ2v) is 5.65. The summed E-state index contributed by atoms with van der Waals surface area (Å²) in [6, 6.07) is 16.4. The van der Waals surface area contributed by atoms with Crippen molar-refractivity contribution in [2.45, 2.75) is 19.3 Å². The number of hydrogen-bond donors (Lipinski definition) is 1. The molecule has 108 valence electrons. The number of rotatable bonds is 4. The zero-order valence-corrected chi connectivity index (χ0v) is 11.9. The van der Waals surface area contributed by atoms with E-state index in [9.17, 15) is 4.79 Å². The van der Waals surface area contributed by atoms with E-state index in [0.29, 0.717) is 12.3 Å². The number of fused-ring (bicyclic) bond motifs is 1. The highest BCUT2D eigenvalue weighted by Crippen LogP contribution is 2.28. The predicted molar refractivity (Wildman–Crippen MR) is 82.2 cm³/mol. The highest BCUT2D eigenvalue weighted by atomic mass is 16.5. The molecule has 0 spiro atoms. The fourth-order valence-electron chi connectivity index (χ4n) is 2.85. The number of amides is 1. The molecule has 0 aromatic heterocycles. The van der Waals surface area contributed by atoms with Gasteiger partial charge in [0.05, 0.1) is 13.0 Å². The van der Waals surface area contributed by atoms with Gasteiger partial charge in [-0.15, -0.1) is 0 Å². The summed E-state index contributed by atoms with van der Waals surface area (Å²) in [6.07, 6.45) is 2.35. The smallest absolute Gasteiger partial charge is 0.221 e. The van der Waals surface area contributed by atoms with Crippen LogP contribution in [0.5, 0.6) is 5.75 Å².